The van der Waals surface area contributed by atoms with Crippen molar-refractivity contribution in [2.75, 3.05) is 20.5 Å². The number of ether oxygens (including phenoxy) is 2. The fourth-order valence-corrected chi connectivity index (χ4v) is 1.25. The molecule has 3 nitrogen and oxygen atoms in total. The molecule has 0 aliphatic rings. The Morgan fingerprint density at radius 1 is 1.27 bits per heavy atom. The summed E-state index contributed by atoms with van der Waals surface area (Å²) in [5, 5.41) is 0. The highest BCUT2D eigenvalue weighted by molar-refractivity contribution is 5.95. The molecule has 0 atom stereocenters. The number of carbonyl (C=O) groups is 1. The molecular formula is C12H16O3. The normalized spacial score (nSPS) is 10.2. The number of Topliss-reactive ketones (excluding diaryl/α,β-unsaturated/α-hetero) is 1. The van der Waals surface area contributed by atoms with Crippen molar-refractivity contribution >= 4 is 5.78 Å². The van der Waals surface area contributed by atoms with Crippen molar-refractivity contribution in [2.24, 2.45) is 0 Å². The number of methoxy groups -OCH3 is 1. The Morgan fingerprint density at radius 2 is 2.00 bits per heavy atom. The second-order valence-electron chi connectivity index (χ2n) is 3.21. The number of hydrogen-bond acceptors (Lipinski definition) is 3. The van der Waals surface area contributed by atoms with Gasteiger partial charge >= 0.3 is 0 Å². The van der Waals surface area contributed by atoms with E-state index in [2.05, 4.69) is 0 Å². The van der Waals surface area contributed by atoms with E-state index in [4.69, 9.17) is 9.47 Å². The Bertz CT molecular complexity index is 282. The topological polar surface area (TPSA) is 35.5 Å². The molecule has 0 saturated heterocycles. The van der Waals surface area contributed by atoms with Crippen LogP contribution in [0, 0.1) is 0 Å². The molecule has 1 aromatic carbocycles. The minimum Gasteiger partial charge on any atom is -0.359 e. The van der Waals surface area contributed by atoms with E-state index >= 15 is 0 Å². The SMILES string of the molecule is COCOCCCC(=O)c1ccccc1. The summed E-state index contributed by atoms with van der Waals surface area (Å²) >= 11 is 0. The molecule has 15 heavy (non-hydrogen) atoms. The highest BCUT2D eigenvalue weighted by Gasteiger charge is 2.03. The van der Waals surface area contributed by atoms with Gasteiger partial charge < -0.3 is 9.47 Å². The lowest BCUT2D eigenvalue weighted by molar-refractivity contribution is -0.0311. The predicted octanol–water partition coefficient (Wildman–Crippen LogP) is 2.27. The van der Waals surface area contributed by atoms with Gasteiger partial charge in [-0.05, 0) is 6.42 Å². The molecule has 1 rings (SSSR count). The van der Waals surface area contributed by atoms with Gasteiger partial charge in [-0.2, -0.15) is 0 Å². The second-order valence-corrected chi connectivity index (χ2v) is 3.21. The van der Waals surface area contributed by atoms with E-state index in [0.29, 0.717) is 19.8 Å². The Hall–Kier alpha value is -1.19. The zero-order chi connectivity index (χ0) is 10.9. The summed E-state index contributed by atoms with van der Waals surface area (Å²) in [6.07, 6.45) is 1.25. The van der Waals surface area contributed by atoms with Crippen LogP contribution in [-0.4, -0.2) is 26.3 Å². The van der Waals surface area contributed by atoms with Crippen molar-refractivity contribution in [3.8, 4) is 0 Å². The van der Waals surface area contributed by atoms with Gasteiger partial charge in [-0.3, -0.25) is 4.79 Å². The van der Waals surface area contributed by atoms with Gasteiger partial charge in [0.05, 0.1) is 0 Å². The Labute approximate surface area is 90.0 Å². The van der Waals surface area contributed by atoms with Gasteiger partial charge in [-0.15, -0.1) is 0 Å². The molecule has 1 aromatic rings. The Balaban J connectivity index is 2.20. The molecule has 0 aliphatic carbocycles. The van der Waals surface area contributed by atoms with Gasteiger partial charge in [0.25, 0.3) is 0 Å². The molecule has 0 aliphatic heterocycles. The van der Waals surface area contributed by atoms with Gasteiger partial charge in [0, 0.05) is 25.7 Å². The summed E-state index contributed by atoms with van der Waals surface area (Å²) in [6, 6.07) is 9.30. The zero-order valence-corrected chi connectivity index (χ0v) is 8.94. The van der Waals surface area contributed by atoms with Crippen molar-refractivity contribution in [1.29, 1.82) is 0 Å². The van der Waals surface area contributed by atoms with Crippen LogP contribution in [0.3, 0.4) is 0 Å². The summed E-state index contributed by atoms with van der Waals surface area (Å²) < 4.78 is 9.82. The summed E-state index contributed by atoms with van der Waals surface area (Å²) in [6.45, 7) is 0.853. The molecule has 82 valence electrons. The summed E-state index contributed by atoms with van der Waals surface area (Å²) in [5.74, 6) is 0.164. The van der Waals surface area contributed by atoms with Gasteiger partial charge in [-0.25, -0.2) is 0 Å². The average Bonchev–Trinajstić information content (AvgIpc) is 2.30. The quantitative estimate of drug-likeness (QED) is 0.392. The molecule has 3 heteroatoms. The van der Waals surface area contributed by atoms with E-state index in [0.717, 1.165) is 12.0 Å². The number of hydrogen-bond donors (Lipinski definition) is 0. The molecular weight excluding hydrogens is 192 g/mol. The summed E-state index contributed by atoms with van der Waals surface area (Å²) in [7, 11) is 1.58. The number of carbonyl (C=O) groups excluding carboxylic acids is 1. The highest BCUT2D eigenvalue weighted by Crippen LogP contribution is 2.04. The van der Waals surface area contributed by atoms with Crippen molar-refractivity contribution in [3.63, 3.8) is 0 Å². The summed E-state index contributed by atoms with van der Waals surface area (Å²) in [5.41, 5.74) is 0.768. The number of rotatable bonds is 7. The van der Waals surface area contributed by atoms with E-state index < -0.39 is 0 Å². The summed E-state index contributed by atoms with van der Waals surface area (Å²) in [4.78, 5) is 11.6. The molecule has 0 heterocycles. The molecule has 0 saturated carbocycles. The molecule has 0 fully saturated rings. The van der Waals surface area contributed by atoms with Crippen LogP contribution in [0.25, 0.3) is 0 Å². The van der Waals surface area contributed by atoms with Gasteiger partial charge in [-0.1, -0.05) is 30.3 Å². The smallest absolute Gasteiger partial charge is 0.162 e. The van der Waals surface area contributed by atoms with Gasteiger partial charge in [0.15, 0.2) is 5.78 Å². The largest absolute Gasteiger partial charge is 0.359 e. The molecule has 0 bridgehead atoms. The first-order chi connectivity index (χ1) is 7.34. The lowest BCUT2D eigenvalue weighted by Crippen LogP contribution is -2.03. The third kappa shape index (κ3) is 4.72. The maximum atomic E-state index is 11.6. The molecule has 0 spiro atoms. The number of benzene rings is 1. The maximum absolute atomic E-state index is 11.6. The maximum Gasteiger partial charge on any atom is 0.162 e. The highest BCUT2D eigenvalue weighted by atomic mass is 16.7. The van der Waals surface area contributed by atoms with Crippen LogP contribution in [0.2, 0.25) is 0 Å². The van der Waals surface area contributed by atoms with Gasteiger partial charge in [0.2, 0.25) is 0 Å². The van der Waals surface area contributed by atoms with Crippen LogP contribution < -0.4 is 0 Å². The van der Waals surface area contributed by atoms with Crippen molar-refractivity contribution in [2.45, 2.75) is 12.8 Å². The fourth-order valence-electron chi connectivity index (χ4n) is 1.25. The first kappa shape index (κ1) is 11.9. The van der Waals surface area contributed by atoms with Crippen LogP contribution in [0.1, 0.15) is 23.2 Å². The Morgan fingerprint density at radius 3 is 2.67 bits per heavy atom. The lowest BCUT2D eigenvalue weighted by atomic mass is 10.1. The third-order valence-electron chi connectivity index (χ3n) is 1.99. The van der Waals surface area contributed by atoms with E-state index in [-0.39, 0.29) is 5.78 Å². The molecule has 0 unspecified atom stereocenters. The van der Waals surface area contributed by atoms with Gasteiger partial charge in [0.1, 0.15) is 6.79 Å². The average molecular weight is 208 g/mol. The van der Waals surface area contributed by atoms with Crippen molar-refractivity contribution in [1.82, 2.24) is 0 Å². The predicted molar refractivity (Wildman–Crippen MR) is 57.8 cm³/mol. The molecule has 0 amide bonds. The first-order valence-corrected chi connectivity index (χ1v) is 4.99. The first-order valence-electron chi connectivity index (χ1n) is 4.99. The Kier molecular flexibility index (Phi) is 5.66. The minimum absolute atomic E-state index is 0.164. The van der Waals surface area contributed by atoms with E-state index in [1.807, 2.05) is 30.3 Å². The van der Waals surface area contributed by atoms with Crippen LogP contribution in [-0.2, 0) is 9.47 Å². The minimum atomic E-state index is 0.164. The van der Waals surface area contributed by atoms with Crippen molar-refractivity contribution < 1.29 is 14.3 Å². The molecule has 0 aromatic heterocycles. The molecule has 0 N–H and O–H groups in total. The van der Waals surface area contributed by atoms with E-state index in [9.17, 15) is 4.79 Å². The van der Waals surface area contributed by atoms with Crippen LogP contribution in [0.4, 0.5) is 0 Å². The lowest BCUT2D eigenvalue weighted by Gasteiger charge is -2.02. The third-order valence-corrected chi connectivity index (χ3v) is 1.99. The second kappa shape index (κ2) is 7.15. The zero-order valence-electron chi connectivity index (χ0n) is 8.94. The number of ketones is 1. The monoisotopic (exact) mass is 208 g/mol. The van der Waals surface area contributed by atoms with Crippen LogP contribution >= 0.6 is 0 Å². The van der Waals surface area contributed by atoms with Crippen molar-refractivity contribution in [3.05, 3.63) is 35.9 Å². The fraction of sp³-hybridized carbons (Fsp3) is 0.417. The van der Waals surface area contributed by atoms with Crippen LogP contribution in [0.15, 0.2) is 30.3 Å². The van der Waals surface area contributed by atoms with E-state index in [1.54, 1.807) is 7.11 Å². The van der Waals surface area contributed by atoms with E-state index in [1.165, 1.54) is 0 Å². The van der Waals surface area contributed by atoms with Crippen LogP contribution in [0.5, 0.6) is 0 Å². The molecule has 0 radical (unpaired) electrons. The standard InChI is InChI=1S/C12H16O3/c1-14-10-15-9-5-8-12(13)11-6-3-2-4-7-11/h2-4,6-7H,5,8-10H2,1H3.